The van der Waals surface area contributed by atoms with Crippen molar-refractivity contribution < 1.29 is 9.84 Å². The van der Waals surface area contributed by atoms with Crippen LogP contribution in [0.4, 0.5) is 5.69 Å². The van der Waals surface area contributed by atoms with Crippen molar-refractivity contribution in [2.45, 2.75) is 12.3 Å². The van der Waals surface area contributed by atoms with Crippen LogP contribution in [0.3, 0.4) is 0 Å². The van der Waals surface area contributed by atoms with Gasteiger partial charge in [0.2, 0.25) is 0 Å². The molecule has 1 aliphatic heterocycles. The van der Waals surface area contributed by atoms with Gasteiger partial charge >= 0.3 is 0 Å². The van der Waals surface area contributed by atoms with Gasteiger partial charge in [-0.2, -0.15) is 0 Å². The highest BCUT2D eigenvalue weighted by Gasteiger charge is 2.26. The van der Waals surface area contributed by atoms with Crippen molar-refractivity contribution in [3.05, 3.63) is 34.2 Å². The SMILES string of the molecule is O=Nc1ccccc1-c1[nH+]nc(C2CCOC2)s1. The second kappa shape index (κ2) is 4.91. The average Bonchev–Trinajstić information content (AvgIpc) is 3.09. The topological polar surface area (TPSA) is 65.7 Å². The lowest BCUT2D eigenvalue weighted by molar-refractivity contribution is -0.436. The molecule has 1 N–H and O–H groups in total. The summed E-state index contributed by atoms with van der Waals surface area (Å²) in [6.45, 7) is 1.53. The van der Waals surface area contributed by atoms with Gasteiger partial charge in [0.1, 0.15) is 5.69 Å². The number of aromatic nitrogens is 2. The van der Waals surface area contributed by atoms with Crippen LogP contribution >= 0.6 is 11.3 Å². The fourth-order valence-corrected chi connectivity index (χ4v) is 3.05. The van der Waals surface area contributed by atoms with Crippen LogP contribution in [0.5, 0.6) is 0 Å². The van der Waals surface area contributed by atoms with Gasteiger partial charge in [0.25, 0.3) is 5.01 Å². The van der Waals surface area contributed by atoms with Crippen molar-refractivity contribution in [2.24, 2.45) is 5.18 Å². The summed E-state index contributed by atoms with van der Waals surface area (Å²) in [6, 6.07) is 7.26. The van der Waals surface area contributed by atoms with Crippen molar-refractivity contribution in [1.29, 1.82) is 0 Å². The van der Waals surface area contributed by atoms with E-state index in [1.807, 2.05) is 12.1 Å². The minimum atomic E-state index is 0.372. The van der Waals surface area contributed by atoms with E-state index in [0.29, 0.717) is 11.6 Å². The van der Waals surface area contributed by atoms with E-state index in [0.717, 1.165) is 35.2 Å². The molecule has 0 saturated carbocycles. The molecule has 1 unspecified atom stereocenters. The lowest BCUT2D eigenvalue weighted by Gasteiger charge is -1.97. The molecule has 1 saturated heterocycles. The molecule has 18 heavy (non-hydrogen) atoms. The first-order valence-electron chi connectivity index (χ1n) is 5.77. The number of nitrogens with zero attached hydrogens (tertiary/aromatic N) is 2. The standard InChI is InChI=1S/C12H11N3O2S/c16-15-10-4-2-1-3-9(10)12-14-13-11(18-12)8-5-6-17-7-8/h1-4,8H,5-7H2/p+1. The lowest BCUT2D eigenvalue weighted by Crippen LogP contribution is -2.07. The van der Waals surface area contributed by atoms with Crippen LogP contribution in [0.2, 0.25) is 0 Å². The third-order valence-corrected chi connectivity index (χ3v) is 4.15. The maximum Gasteiger partial charge on any atom is 0.296 e. The second-order valence-electron chi connectivity index (χ2n) is 4.16. The number of ether oxygens (including phenoxy) is 1. The normalized spacial score (nSPS) is 19.0. The van der Waals surface area contributed by atoms with Gasteiger partial charge in [0, 0.05) is 17.6 Å². The van der Waals surface area contributed by atoms with Crippen molar-refractivity contribution in [2.75, 3.05) is 13.2 Å². The van der Waals surface area contributed by atoms with E-state index >= 15 is 0 Å². The van der Waals surface area contributed by atoms with E-state index in [1.165, 1.54) is 0 Å². The molecule has 1 aromatic carbocycles. The van der Waals surface area contributed by atoms with Gasteiger partial charge in [-0.05, 0) is 35.1 Å². The molecule has 92 valence electrons. The van der Waals surface area contributed by atoms with Crippen molar-refractivity contribution in [1.82, 2.24) is 5.10 Å². The molecule has 0 bridgehead atoms. The van der Waals surface area contributed by atoms with Gasteiger partial charge in [-0.1, -0.05) is 17.2 Å². The number of hydrogen-bond donors (Lipinski definition) is 0. The third-order valence-electron chi connectivity index (χ3n) is 3.00. The molecule has 1 atom stereocenters. The quantitative estimate of drug-likeness (QED) is 0.798. The van der Waals surface area contributed by atoms with Crippen LogP contribution in [-0.4, -0.2) is 18.3 Å². The maximum atomic E-state index is 10.8. The molecular weight excluding hydrogens is 250 g/mol. The zero-order chi connectivity index (χ0) is 12.4. The molecule has 2 heterocycles. The second-order valence-corrected chi connectivity index (χ2v) is 5.19. The fraction of sp³-hybridized carbons (Fsp3) is 0.333. The van der Waals surface area contributed by atoms with E-state index in [4.69, 9.17) is 4.74 Å². The number of hydrogen-bond acceptors (Lipinski definition) is 5. The Morgan fingerprint density at radius 3 is 3.11 bits per heavy atom. The first-order chi connectivity index (χ1) is 8.88. The van der Waals surface area contributed by atoms with E-state index in [-0.39, 0.29) is 0 Å². The number of nitrogens with one attached hydrogen (secondary N) is 1. The smallest absolute Gasteiger partial charge is 0.296 e. The van der Waals surface area contributed by atoms with Crippen LogP contribution < -0.4 is 5.10 Å². The van der Waals surface area contributed by atoms with E-state index < -0.39 is 0 Å². The molecule has 0 aliphatic carbocycles. The van der Waals surface area contributed by atoms with E-state index in [1.54, 1.807) is 23.5 Å². The highest BCUT2D eigenvalue weighted by molar-refractivity contribution is 7.14. The Bertz CT molecular complexity index is 564. The molecule has 1 aliphatic rings. The first kappa shape index (κ1) is 11.4. The highest BCUT2D eigenvalue weighted by Crippen LogP contribution is 2.34. The lowest BCUT2D eigenvalue weighted by atomic mass is 10.1. The summed E-state index contributed by atoms with van der Waals surface area (Å²) < 4.78 is 5.36. The Hall–Kier alpha value is -1.66. The molecule has 0 amide bonds. The third kappa shape index (κ3) is 2.04. The summed E-state index contributed by atoms with van der Waals surface area (Å²) in [5.74, 6) is 0.372. The Kier molecular flexibility index (Phi) is 3.12. The van der Waals surface area contributed by atoms with E-state index in [9.17, 15) is 4.91 Å². The molecule has 0 radical (unpaired) electrons. The summed E-state index contributed by atoms with van der Waals surface area (Å²) in [6.07, 6.45) is 1.01. The Balaban J connectivity index is 1.94. The minimum Gasteiger partial charge on any atom is -0.381 e. The van der Waals surface area contributed by atoms with Crippen LogP contribution in [0.1, 0.15) is 17.3 Å². The Morgan fingerprint density at radius 2 is 2.33 bits per heavy atom. The molecule has 2 aromatic rings. The predicted molar refractivity (Wildman–Crippen MR) is 67.7 cm³/mol. The summed E-state index contributed by atoms with van der Waals surface area (Å²) in [5, 5.41) is 12.2. The fourth-order valence-electron chi connectivity index (χ4n) is 2.02. The molecular formula is C12H12N3O2S+. The van der Waals surface area contributed by atoms with Gasteiger partial charge in [-0.25, -0.2) is 0 Å². The number of benzene rings is 1. The highest BCUT2D eigenvalue weighted by atomic mass is 32.1. The van der Waals surface area contributed by atoms with Gasteiger partial charge in [-0.3, -0.25) is 0 Å². The molecule has 1 fully saturated rings. The largest absolute Gasteiger partial charge is 0.381 e. The molecule has 0 spiro atoms. The molecule has 6 heteroatoms. The van der Waals surface area contributed by atoms with E-state index in [2.05, 4.69) is 15.4 Å². The first-order valence-corrected chi connectivity index (χ1v) is 6.59. The number of rotatable bonds is 3. The molecule has 1 aromatic heterocycles. The summed E-state index contributed by atoms with van der Waals surface area (Å²) in [7, 11) is 0. The van der Waals surface area contributed by atoms with Crippen molar-refractivity contribution >= 4 is 17.0 Å². The zero-order valence-corrected chi connectivity index (χ0v) is 10.4. The predicted octanol–water partition coefficient (Wildman–Crippen LogP) is 2.53. The summed E-state index contributed by atoms with van der Waals surface area (Å²) in [5.41, 5.74) is 1.24. The number of nitroso groups, excluding NO2 is 1. The van der Waals surface area contributed by atoms with Crippen molar-refractivity contribution in [3.8, 4) is 10.6 Å². The monoisotopic (exact) mass is 262 g/mol. The van der Waals surface area contributed by atoms with Gasteiger partial charge < -0.3 is 4.74 Å². The number of aromatic amines is 1. The van der Waals surface area contributed by atoms with Crippen LogP contribution in [0.15, 0.2) is 29.4 Å². The summed E-state index contributed by atoms with van der Waals surface area (Å²) in [4.78, 5) is 10.8. The van der Waals surface area contributed by atoms with Gasteiger partial charge in [-0.15, -0.1) is 4.91 Å². The summed E-state index contributed by atoms with van der Waals surface area (Å²) >= 11 is 1.57. The van der Waals surface area contributed by atoms with Gasteiger partial charge in [0.15, 0.2) is 5.01 Å². The van der Waals surface area contributed by atoms with Crippen molar-refractivity contribution in [3.63, 3.8) is 0 Å². The van der Waals surface area contributed by atoms with Crippen LogP contribution in [-0.2, 0) is 4.74 Å². The number of H-pyrrole nitrogens is 1. The maximum absolute atomic E-state index is 10.8. The minimum absolute atomic E-state index is 0.372. The average molecular weight is 262 g/mol. The van der Waals surface area contributed by atoms with Gasteiger partial charge in [0.05, 0.1) is 12.2 Å². The van der Waals surface area contributed by atoms with Crippen LogP contribution in [0.25, 0.3) is 10.6 Å². The Labute approximate surface area is 108 Å². The molecule has 3 rings (SSSR count). The zero-order valence-electron chi connectivity index (χ0n) is 9.63. The Morgan fingerprint density at radius 1 is 1.44 bits per heavy atom. The molecule has 5 nitrogen and oxygen atoms in total. The van der Waals surface area contributed by atoms with Crippen LogP contribution in [0, 0.1) is 4.91 Å².